The molecule has 1 aliphatic heterocycles. The van der Waals surface area contributed by atoms with Crippen LogP contribution in [0.2, 0.25) is 0 Å². The van der Waals surface area contributed by atoms with Crippen molar-refractivity contribution in [3.05, 3.63) is 42.1 Å². The molecule has 1 aromatic rings. The molecule has 4 nitrogen and oxygen atoms in total. The van der Waals surface area contributed by atoms with Gasteiger partial charge in [-0.2, -0.15) is 0 Å². The Morgan fingerprint density at radius 1 is 1.44 bits per heavy atom. The Morgan fingerprint density at radius 2 is 2.12 bits per heavy atom. The van der Waals surface area contributed by atoms with E-state index >= 15 is 0 Å². The second-order valence-corrected chi connectivity index (χ2v) is 3.56. The molecule has 1 aromatic carbocycles. The summed E-state index contributed by atoms with van der Waals surface area (Å²) in [6.45, 7) is 2.63. The first-order chi connectivity index (χ1) is 7.72. The first-order valence-corrected chi connectivity index (χ1v) is 5.21. The highest BCUT2D eigenvalue weighted by atomic mass is 16.5. The van der Waals surface area contributed by atoms with Gasteiger partial charge in [0.2, 0.25) is 0 Å². The molecular formula is C12H14N2O2. The summed E-state index contributed by atoms with van der Waals surface area (Å²) in [5, 5.41) is 0. The van der Waals surface area contributed by atoms with Crippen molar-refractivity contribution in [2.45, 2.75) is 13.2 Å². The van der Waals surface area contributed by atoms with Crippen LogP contribution in [0.4, 0.5) is 0 Å². The summed E-state index contributed by atoms with van der Waals surface area (Å²) < 4.78 is 5.52. The van der Waals surface area contributed by atoms with Gasteiger partial charge in [-0.05, 0) is 6.92 Å². The zero-order valence-electron chi connectivity index (χ0n) is 9.09. The van der Waals surface area contributed by atoms with E-state index in [-0.39, 0.29) is 0 Å². The molecule has 84 valence electrons. The van der Waals surface area contributed by atoms with E-state index in [9.17, 15) is 4.79 Å². The summed E-state index contributed by atoms with van der Waals surface area (Å²) in [6, 6.07) is 9.65. The molecule has 2 rings (SSSR count). The summed E-state index contributed by atoms with van der Waals surface area (Å²) >= 11 is 0. The van der Waals surface area contributed by atoms with E-state index in [1.54, 1.807) is 4.90 Å². The van der Waals surface area contributed by atoms with E-state index in [0.717, 1.165) is 5.56 Å². The van der Waals surface area contributed by atoms with Gasteiger partial charge in [-0.1, -0.05) is 30.3 Å². The maximum atomic E-state index is 11.2. The highest BCUT2D eigenvalue weighted by Gasteiger charge is 2.29. The number of hydrogen-bond acceptors (Lipinski definition) is 3. The van der Waals surface area contributed by atoms with Crippen molar-refractivity contribution >= 4 is 11.7 Å². The molecule has 0 radical (unpaired) electrons. The zero-order chi connectivity index (χ0) is 11.5. The standard InChI is InChI=1S/C12H14N2O2/c1-2-14-8-10(16-12(14)11(13)15)9-6-4-3-5-7-9/h3-8,12H,2H2,1H3,(H2,13,15). The summed E-state index contributed by atoms with van der Waals surface area (Å²) in [5.41, 5.74) is 6.21. The van der Waals surface area contributed by atoms with E-state index < -0.39 is 12.1 Å². The summed E-state index contributed by atoms with van der Waals surface area (Å²) in [6.07, 6.45) is 1.14. The minimum atomic E-state index is -0.680. The van der Waals surface area contributed by atoms with Gasteiger partial charge in [-0.15, -0.1) is 0 Å². The van der Waals surface area contributed by atoms with Crippen LogP contribution in [0.3, 0.4) is 0 Å². The number of nitrogens with zero attached hydrogens (tertiary/aromatic N) is 1. The fraction of sp³-hybridized carbons (Fsp3) is 0.250. The quantitative estimate of drug-likeness (QED) is 0.828. The van der Waals surface area contributed by atoms with E-state index in [0.29, 0.717) is 12.3 Å². The molecule has 0 aliphatic carbocycles. The molecule has 1 aliphatic rings. The number of nitrogens with two attached hydrogens (primary N) is 1. The molecule has 1 heterocycles. The molecule has 2 N–H and O–H groups in total. The molecule has 0 bridgehead atoms. The lowest BCUT2D eigenvalue weighted by atomic mass is 10.2. The third-order valence-corrected chi connectivity index (χ3v) is 2.49. The SMILES string of the molecule is CCN1C=C(c2ccccc2)OC1C(N)=O. The van der Waals surface area contributed by atoms with Crippen LogP contribution in [0, 0.1) is 0 Å². The van der Waals surface area contributed by atoms with Crippen molar-refractivity contribution in [3.63, 3.8) is 0 Å². The van der Waals surface area contributed by atoms with Gasteiger partial charge in [-0.3, -0.25) is 4.79 Å². The number of amides is 1. The first-order valence-electron chi connectivity index (χ1n) is 5.21. The number of primary amides is 1. The number of hydrogen-bond donors (Lipinski definition) is 1. The van der Waals surface area contributed by atoms with Crippen LogP contribution >= 0.6 is 0 Å². The lowest BCUT2D eigenvalue weighted by molar-refractivity contribution is -0.130. The highest BCUT2D eigenvalue weighted by molar-refractivity contribution is 5.81. The Morgan fingerprint density at radius 3 is 2.62 bits per heavy atom. The molecule has 0 fully saturated rings. The van der Waals surface area contributed by atoms with Crippen LogP contribution in [0.25, 0.3) is 5.76 Å². The third-order valence-electron chi connectivity index (χ3n) is 2.49. The van der Waals surface area contributed by atoms with E-state index in [1.807, 2.05) is 43.5 Å². The van der Waals surface area contributed by atoms with Crippen LogP contribution in [0.15, 0.2) is 36.5 Å². The molecule has 0 saturated heterocycles. The van der Waals surface area contributed by atoms with Crippen molar-refractivity contribution in [1.82, 2.24) is 4.90 Å². The van der Waals surface area contributed by atoms with Gasteiger partial charge in [0.05, 0.1) is 0 Å². The molecule has 16 heavy (non-hydrogen) atoms. The highest BCUT2D eigenvalue weighted by Crippen LogP contribution is 2.26. The molecule has 4 heteroatoms. The number of carbonyl (C=O) groups excluding carboxylic acids is 1. The maximum Gasteiger partial charge on any atom is 0.280 e. The number of carbonyl (C=O) groups is 1. The lowest BCUT2D eigenvalue weighted by Gasteiger charge is -2.19. The molecule has 1 atom stereocenters. The van der Waals surface area contributed by atoms with Crippen molar-refractivity contribution in [3.8, 4) is 0 Å². The van der Waals surface area contributed by atoms with Gasteiger partial charge in [0.25, 0.3) is 12.1 Å². The molecule has 1 amide bonds. The Labute approximate surface area is 94.3 Å². The van der Waals surface area contributed by atoms with Crippen LogP contribution in [0.1, 0.15) is 12.5 Å². The molecule has 0 saturated carbocycles. The van der Waals surface area contributed by atoms with Crippen molar-refractivity contribution in [2.24, 2.45) is 5.73 Å². The Kier molecular flexibility index (Phi) is 2.81. The third kappa shape index (κ3) is 1.86. The molecule has 0 aromatic heterocycles. The predicted molar refractivity (Wildman–Crippen MR) is 60.9 cm³/mol. The van der Waals surface area contributed by atoms with Gasteiger partial charge in [-0.25, -0.2) is 0 Å². The minimum absolute atomic E-state index is 0.468. The van der Waals surface area contributed by atoms with Crippen molar-refractivity contribution in [1.29, 1.82) is 0 Å². The summed E-state index contributed by atoms with van der Waals surface area (Å²) in [7, 11) is 0. The second kappa shape index (κ2) is 4.26. The molecule has 1 unspecified atom stereocenters. The lowest BCUT2D eigenvalue weighted by Crippen LogP contribution is -2.40. The summed E-state index contributed by atoms with van der Waals surface area (Å²) in [5.74, 6) is 0.218. The Bertz CT molecular complexity index is 414. The van der Waals surface area contributed by atoms with Crippen LogP contribution in [0.5, 0.6) is 0 Å². The fourth-order valence-electron chi connectivity index (χ4n) is 1.66. The fourth-order valence-corrected chi connectivity index (χ4v) is 1.66. The Balaban J connectivity index is 2.23. The van der Waals surface area contributed by atoms with Crippen molar-refractivity contribution in [2.75, 3.05) is 6.54 Å². The van der Waals surface area contributed by atoms with Crippen LogP contribution in [-0.4, -0.2) is 23.6 Å². The van der Waals surface area contributed by atoms with Crippen molar-refractivity contribution < 1.29 is 9.53 Å². The van der Waals surface area contributed by atoms with Gasteiger partial charge >= 0.3 is 0 Å². The van der Waals surface area contributed by atoms with E-state index in [4.69, 9.17) is 10.5 Å². The molecule has 0 spiro atoms. The van der Waals surface area contributed by atoms with Gasteiger partial charge in [0.1, 0.15) is 5.76 Å². The van der Waals surface area contributed by atoms with Gasteiger partial charge in [0.15, 0.2) is 0 Å². The van der Waals surface area contributed by atoms with Gasteiger partial charge in [0, 0.05) is 18.3 Å². The van der Waals surface area contributed by atoms with Gasteiger partial charge < -0.3 is 15.4 Å². The Hall–Kier alpha value is -1.97. The molecular weight excluding hydrogens is 204 g/mol. The smallest absolute Gasteiger partial charge is 0.280 e. The monoisotopic (exact) mass is 218 g/mol. The maximum absolute atomic E-state index is 11.2. The van der Waals surface area contributed by atoms with Crippen LogP contribution in [-0.2, 0) is 9.53 Å². The van der Waals surface area contributed by atoms with E-state index in [2.05, 4.69) is 0 Å². The topological polar surface area (TPSA) is 55.6 Å². The average Bonchev–Trinajstić information content (AvgIpc) is 2.74. The average molecular weight is 218 g/mol. The van der Waals surface area contributed by atoms with Crippen LogP contribution < -0.4 is 5.73 Å². The minimum Gasteiger partial charge on any atom is -0.459 e. The van der Waals surface area contributed by atoms with E-state index in [1.165, 1.54) is 0 Å². The summed E-state index contributed by atoms with van der Waals surface area (Å²) in [4.78, 5) is 13.0. The zero-order valence-corrected chi connectivity index (χ0v) is 9.09. The number of rotatable bonds is 3. The second-order valence-electron chi connectivity index (χ2n) is 3.56. The largest absolute Gasteiger partial charge is 0.459 e. The number of benzene rings is 1. The normalized spacial score (nSPS) is 19.2. The number of ether oxygens (including phenoxy) is 1. The predicted octanol–water partition coefficient (Wildman–Crippen LogP) is 1.15. The number of likely N-dealkylation sites (N-methyl/N-ethyl adjacent to an activating group) is 1. The first kappa shape index (κ1) is 10.5.